The molecule has 1 atom stereocenters. The summed E-state index contributed by atoms with van der Waals surface area (Å²) in [5.74, 6) is 0.189. The van der Waals surface area contributed by atoms with Gasteiger partial charge in [-0.25, -0.2) is 4.68 Å². The van der Waals surface area contributed by atoms with Gasteiger partial charge in [0.05, 0.1) is 12.6 Å². The van der Waals surface area contributed by atoms with Gasteiger partial charge in [0, 0.05) is 6.07 Å². The maximum atomic E-state index is 13.0. The fraction of sp³-hybridized carbons (Fsp3) is 0.833. The number of rotatable bonds is 11. The molecule has 0 amide bonds. The maximum Gasteiger partial charge on any atom is 0.435 e. The van der Waals surface area contributed by atoms with Crippen LogP contribution in [0.15, 0.2) is 6.07 Å². The molecule has 3 nitrogen and oxygen atoms in total. The lowest BCUT2D eigenvalue weighted by Gasteiger charge is -2.31. The highest BCUT2D eigenvalue weighted by Crippen LogP contribution is 2.37. The summed E-state index contributed by atoms with van der Waals surface area (Å²) < 4.78 is 45.7. The molecule has 0 fully saturated rings. The van der Waals surface area contributed by atoms with Gasteiger partial charge in [0.15, 0.2) is 5.69 Å². The van der Waals surface area contributed by atoms with Crippen LogP contribution in [0.4, 0.5) is 13.2 Å². The standard InChI is InChI=1S/C18H31F3N2O/c1-5-7-9-10-11-13-17(3,12-8-6-2)23-16(24-4)14-15(22-23)18(19,20)21/h14H,5-13H2,1-4H3. The van der Waals surface area contributed by atoms with E-state index in [4.69, 9.17) is 4.74 Å². The first-order valence-corrected chi connectivity index (χ1v) is 9.00. The van der Waals surface area contributed by atoms with Gasteiger partial charge in [-0.3, -0.25) is 0 Å². The van der Waals surface area contributed by atoms with Crippen molar-refractivity contribution in [1.29, 1.82) is 0 Å². The first-order chi connectivity index (χ1) is 11.3. The summed E-state index contributed by atoms with van der Waals surface area (Å²) >= 11 is 0. The van der Waals surface area contributed by atoms with Crippen molar-refractivity contribution in [2.75, 3.05) is 7.11 Å². The fourth-order valence-electron chi connectivity index (χ4n) is 3.04. The summed E-state index contributed by atoms with van der Waals surface area (Å²) in [4.78, 5) is 0. The molecular formula is C18H31F3N2O. The Morgan fingerprint density at radius 3 is 2.12 bits per heavy atom. The van der Waals surface area contributed by atoms with Gasteiger partial charge in [-0.05, 0) is 19.8 Å². The molecule has 0 N–H and O–H groups in total. The highest BCUT2D eigenvalue weighted by molar-refractivity contribution is 5.20. The molecule has 0 saturated heterocycles. The number of alkyl halides is 3. The number of unbranched alkanes of at least 4 members (excludes halogenated alkanes) is 5. The minimum absolute atomic E-state index is 0.189. The van der Waals surface area contributed by atoms with Gasteiger partial charge in [-0.15, -0.1) is 0 Å². The van der Waals surface area contributed by atoms with Gasteiger partial charge < -0.3 is 4.74 Å². The second-order valence-corrected chi connectivity index (χ2v) is 6.75. The lowest BCUT2D eigenvalue weighted by atomic mass is 9.88. The molecule has 1 heterocycles. The van der Waals surface area contributed by atoms with E-state index in [1.165, 1.54) is 31.1 Å². The van der Waals surface area contributed by atoms with Crippen LogP contribution in [0.2, 0.25) is 0 Å². The average molecular weight is 348 g/mol. The van der Waals surface area contributed by atoms with Crippen molar-refractivity contribution in [2.45, 2.75) is 90.3 Å². The Balaban J connectivity index is 2.99. The van der Waals surface area contributed by atoms with E-state index >= 15 is 0 Å². The third-order valence-electron chi connectivity index (χ3n) is 4.58. The quantitative estimate of drug-likeness (QED) is 0.447. The number of nitrogens with zero attached hydrogens (tertiary/aromatic N) is 2. The molecule has 0 aliphatic rings. The van der Waals surface area contributed by atoms with Crippen molar-refractivity contribution in [1.82, 2.24) is 9.78 Å². The molecule has 1 aromatic rings. The Labute approximate surface area is 143 Å². The van der Waals surface area contributed by atoms with E-state index in [1.54, 1.807) is 0 Å². The number of aromatic nitrogens is 2. The van der Waals surface area contributed by atoms with Crippen molar-refractivity contribution >= 4 is 0 Å². The van der Waals surface area contributed by atoms with Gasteiger partial charge >= 0.3 is 6.18 Å². The largest absolute Gasteiger partial charge is 0.481 e. The third kappa shape index (κ3) is 5.71. The van der Waals surface area contributed by atoms with E-state index in [9.17, 15) is 13.2 Å². The summed E-state index contributed by atoms with van der Waals surface area (Å²) in [5, 5.41) is 3.86. The number of methoxy groups -OCH3 is 1. The molecule has 1 rings (SSSR count). The van der Waals surface area contributed by atoms with Crippen molar-refractivity contribution in [3.05, 3.63) is 11.8 Å². The third-order valence-corrected chi connectivity index (χ3v) is 4.58. The van der Waals surface area contributed by atoms with Crippen LogP contribution in [0, 0.1) is 0 Å². The summed E-state index contributed by atoms with van der Waals surface area (Å²) in [6.07, 6.45) is 4.76. The minimum Gasteiger partial charge on any atom is -0.481 e. The smallest absolute Gasteiger partial charge is 0.435 e. The lowest BCUT2D eigenvalue weighted by Crippen LogP contribution is -2.32. The van der Waals surface area contributed by atoms with Crippen LogP contribution in [0.3, 0.4) is 0 Å². The molecule has 140 valence electrons. The monoisotopic (exact) mass is 348 g/mol. The van der Waals surface area contributed by atoms with Crippen LogP contribution in [0.25, 0.3) is 0 Å². The normalized spacial score (nSPS) is 14.6. The SMILES string of the molecule is CCCCCCCC(C)(CCCC)n1nc(C(F)(F)F)cc1OC. The van der Waals surface area contributed by atoms with E-state index in [2.05, 4.69) is 18.9 Å². The zero-order valence-corrected chi connectivity index (χ0v) is 15.4. The Bertz CT molecular complexity index is 485. The number of hydrogen-bond acceptors (Lipinski definition) is 2. The summed E-state index contributed by atoms with van der Waals surface area (Å²) in [6.45, 7) is 6.25. The molecule has 24 heavy (non-hydrogen) atoms. The molecule has 6 heteroatoms. The Kier molecular flexibility index (Phi) is 8.10. The van der Waals surface area contributed by atoms with Gasteiger partial charge in [0.1, 0.15) is 0 Å². The predicted molar refractivity (Wildman–Crippen MR) is 90.3 cm³/mol. The van der Waals surface area contributed by atoms with E-state index in [0.717, 1.165) is 44.6 Å². The summed E-state index contributed by atoms with van der Waals surface area (Å²) in [7, 11) is 1.40. The van der Waals surface area contributed by atoms with Crippen LogP contribution in [-0.2, 0) is 11.7 Å². The maximum absolute atomic E-state index is 13.0. The fourth-order valence-corrected chi connectivity index (χ4v) is 3.04. The molecule has 0 aliphatic heterocycles. The Morgan fingerprint density at radius 2 is 1.58 bits per heavy atom. The Hall–Kier alpha value is -1.20. The first kappa shape index (κ1) is 20.8. The van der Waals surface area contributed by atoms with Crippen LogP contribution in [0.1, 0.15) is 84.3 Å². The van der Waals surface area contributed by atoms with Crippen LogP contribution in [-0.4, -0.2) is 16.9 Å². The molecule has 0 bridgehead atoms. The molecule has 0 saturated carbocycles. The number of halogens is 3. The summed E-state index contributed by atoms with van der Waals surface area (Å²) in [6, 6.07) is 1.00. The van der Waals surface area contributed by atoms with Gasteiger partial charge in [-0.2, -0.15) is 18.3 Å². The number of ether oxygens (including phenoxy) is 1. The zero-order chi connectivity index (χ0) is 18.2. The molecule has 0 spiro atoms. The van der Waals surface area contributed by atoms with Crippen LogP contribution in [0.5, 0.6) is 5.88 Å². The molecule has 0 aromatic carbocycles. The van der Waals surface area contributed by atoms with Gasteiger partial charge in [0.25, 0.3) is 0 Å². The van der Waals surface area contributed by atoms with Crippen molar-refractivity contribution in [2.24, 2.45) is 0 Å². The zero-order valence-electron chi connectivity index (χ0n) is 15.4. The van der Waals surface area contributed by atoms with Crippen LogP contribution < -0.4 is 4.74 Å². The lowest BCUT2D eigenvalue weighted by molar-refractivity contribution is -0.141. The number of hydrogen-bond donors (Lipinski definition) is 0. The van der Waals surface area contributed by atoms with Gasteiger partial charge in [-0.1, -0.05) is 58.8 Å². The van der Waals surface area contributed by atoms with Crippen molar-refractivity contribution in [3.8, 4) is 5.88 Å². The van der Waals surface area contributed by atoms with E-state index in [1.807, 2.05) is 6.92 Å². The van der Waals surface area contributed by atoms with Crippen molar-refractivity contribution < 1.29 is 17.9 Å². The second-order valence-electron chi connectivity index (χ2n) is 6.75. The highest BCUT2D eigenvalue weighted by Gasteiger charge is 2.38. The molecule has 1 unspecified atom stereocenters. The minimum atomic E-state index is -4.45. The first-order valence-electron chi connectivity index (χ1n) is 9.00. The van der Waals surface area contributed by atoms with Gasteiger partial charge in [0.2, 0.25) is 5.88 Å². The molecule has 0 radical (unpaired) electrons. The molecule has 0 aliphatic carbocycles. The van der Waals surface area contributed by atoms with E-state index in [0.29, 0.717) is 0 Å². The highest BCUT2D eigenvalue weighted by atomic mass is 19.4. The van der Waals surface area contributed by atoms with Crippen molar-refractivity contribution in [3.63, 3.8) is 0 Å². The summed E-state index contributed by atoms with van der Waals surface area (Å²) in [5.41, 5.74) is -1.33. The second kappa shape index (κ2) is 9.33. The predicted octanol–water partition coefficient (Wildman–Crippen LogP) is 6.18. The average Bonchev–Trinajstić information content (AvgIpc) is 2.98. The molecule has 1 aromatic heterocycles. The topological polar surface area (TPSA) is 27.1 Å². The van der Waals surface area contributed by atoms with E-state index in [-0.39, 0.29) is 5.88 Å². The van der Waals surface area contributed by atoms with Crippen LogP contribution >= 0.6 is 0 Å². The Morgan fingerprint density at radius 1 is 1.00 bits per heavy atom. The van der Waals surface area contributed by atoms with E-state index < -0.39 is 17.4 Å². The molecular weight excluding hydrogens is 317 g/mol.